The second kappa shape index (κ2) is 6.38. The molecule has 21 heavy (non-hydrogen) atoms. The molecule has 1 aromatic heterocycles. The van der Waals surface area contributed by atoms with Crippen molar-refractivity contribution >= 4 is 18.1 Å². The van der Waals surface area contributed by atoms with Gasteiger partial charge in [0, 0.05) is 35.8 Å². The summed E-state index contributed by atoms with van der Waals surface area (Å²) < 4.78 is 1.88. The molecular formula is C14H15N5O2. The summed E-state index contributed by atoms with van der Waals surface area (Å²) in [6, 6.07) is 10.7. The molecule has 108 valence electrons. The summed E-state index contributed by atoms with van der Waals surface area (Å²) in [7, 11) is 0. The molecule has 0 atom stereocenters. The van der Waals surface area contributed by atoms with Gasteiger partial charge < -0.3 is 21.2 Å². The molecule has 0 aliphatic carbocycles. The number of carbonyl (C=O) groups excluding carboxylic acids is 1. The van der Waals surface area contributed by atoms with Crippen LogP contribution in [0, 0.1) is 0 Å². The fourth-order valence-electron chi connectivity index (χ4n) is 1.94. The third kappa shape index (κ3) is 3.47. The monoisotopic (exact) mass is 285 g/mol. The highest BCUT2D eigenvalue weighted by atomic mass is 16.4. The van der Waals surface area contributed by atoms with Crippen LogP contribution < -0.4 is 11.5 Å². The van der Waals surface area contributed by atoms with Gasteiger partial charge in [0.05, 0.1) is 0 Å². The van der Waals surface area contributed by atoms with E-state index in [9.17, 15) is 4.79 Å². The van der Waals surface area contributed by atoms with Crippen LogP contribution in [0.15, 0.2) is 52.7 Å². The lowest BCUT2D eigenvalue weighted by Crippen LogP contribution is -2.24. The first kappa shape index (κ1) is 14.3. The Labute approximate surface area is 121 Å². The van der Waals surface area contributed by atoms with Gasteiger partial charge in [0.25, 0.3) is 5.91 Å². The van der Waals surface area contributed by atoms with Crippen LogP contribution in [-0.2, 0) is 6.42 Å². The van der Waals surface area contributed by atoms with E-state index in [0.717, 1.165) is 11.4 Å². The summed E-state index contributed by atoms with van der Waals surface area (Å²) in [6.07, 6.45) is 3.71. The van der Waals surface area contributed by atoms with E-state index in [2.05, 4.69) is 10.1 Å². The van der Waals surface area contributed by atoms with E-state index in [1.807, 2.05) is 29.0 Å². The number of hydrogen-bond donors (Lipinski definition) is 3. The Morgan fingerprint density at radius 3 is 2.81 bits per heavy atom. The van der Waals surface area contributed by atoms with Gasteiger partial charge in [-0.3, -0.25) is 4.79 Å². The van der Waals surface area contributed by atoms with Gasteiger partial charge in [-0.25, -0.2) is 0 Å². The first-order valence-corrected chi connectivity index (χ1v) is 6.18. The predicted molar refractivity (Wildman–Crippen MR) is 79.9 cm³/mol. The van der Waals surface area contributed by atoms with Crippen molar-refractivity contribution in [3.05, 3.63) is 53.9 Å². The number of nitrogens with two attached hydrogens (primary N) is 2. The van der Waals surface area contributed by atoms with Crippen LogP contribution in [0.25, 0.3) is 5.69 Å². The lowest BCUT2D eigenvalue weighted by Gasteiger charge is -2.08. The highest BCUT2D eigenvalue weighted by Crippen LogP contribution is 2.15. The Kier molecular flexibility index (Phi) is 4.35. The summed E-state index contributed by atoms with van der Waals surface area (Å²) in [5, 5.41) is 11.5. The number of oxime groups is 1. The van der Waals surface area contributed by atoms with E-state index < -0.39 is 5.91 Å². The van der Waals surface area contributed by atoms with Crippen molar-refractivity contribution in [2.75, 3.05) is 0 Å². The lowest BCUT2D eigenvalue weighted by molar-refractivity contribution is 0.100. The van der Waals surface area contributed by atoms with E-state index in [-0.39, 0.29) is 5.96 Å². The van der Waals surface area contributed by atoms with Gasteiger partial charge in [0.15, 0.2) is 5.96 Å². The molecule has 1 amide bonds. The van der Waals surface area contributed by atoms with Gasteiger partial charge in [0.1, 0.15) is 0 Å². The van der Waals surface area contributed by atoms with Crippen LogP contribution >= 0.6 is 0 Å². The zero-order chi connectivity index (χ0) is 15.2. The van der Waals surface area contributed by atoms with Crippen molar-refractivity contribution in [1.29, 1.82) is 0 Å². The number of rotatable bonds is 4. The Hall–Kier alpha value is -3.09. The molecule has 0 fully saturated rings. The maximum absolute atomic E-state index is 11.8. The topological polar surface area (TPSA) is 119 Å². The van der Waals surface area contributed by atoms with E-state index in [0.29, 0.717) is 12.0 Å². The predicted octanol–water partition coefficient (Wildman–Crippen LogP) is 0.893. The molecule has 0 aliphatic heterocycles. The van der Waals surface area contributed by atoms with Gasteiger partial charge in [0.2, 0.25) is 0 Å². The second-order valence-corrected chi connectivity index (χ2v) is 4.26. The summed E-state index contributed by atoms with van der Waals surface area (Å²) in [4.78, 5) is 15.3. The van der Waals surface area contributed by atoms with E-state index in [1.165, 1.54) is 6.21 Å². The number of amides is 1. The zero-order valence-corrected chi connectivity index (χ0v) is 11.2. The molecule has 5 N–H and O–H groups in total. The number of nitrogens with zero attached hydrogens (tertiary/aromatic N) is 3. The summed E-state index contributed by atoms with van der Waals surface area (Å²) in [6.45, 7) is 0. The SMILES string of the molecule is NC(N)=NC(=O)c1cccc(-n2cccc2C/C=N\O)c1. The normalized spacial score (nSPS) is 10.7. The highest BCUT2D eigenvalue weighted by molar-refractivity contribution is 6.02. The summed E-state index contributed by atoms with van der Waals surface area (Å²) >= 11 is 0. The molecule has 7 heteroatoms. The smallest absolute Gasteiger partial charge is 0.280 e. The van der Waals surface area contributed by atoms with Crippen molar-refractivity contribution in [2.24, 2.45) is 21.6 Å². The molecule has 0 saturated heterocycles. The standard InChI is InChI=1S/C14H15N5O2/c15-14(16)18-13(20)10-3-1-4-12(9-10)19-8-2-5-11(19)6-7-17-21/h1-5,7-9,21H,6H2,(H4,15,16,18,20)/b17-7-. The van der Waals surface area contributed by atoms with Crippen LogP contribution in [0.2, 0.25) is 0 Å². The molecule has 0 spiro atoms. The summed E-state index contributed by atoms with van der Waals surface area (Å²) in [5.41, 5.74) is 12.5. The number of carbonyl (C=O) groups is 1. The van der Waals surface area contributed by atoms with Crippen LogP contribution in [0.3, 0.4) is 0 Å². The van der Waals surface area contributed by atoms with Crippen LogP contribution in [-0.4, -0.2) is 27.9 Å². The number of hydrogen-bond acceptors (Lipinski definition) is 3. The third-order valence-corrected chi connectivity index (χ3v) is 2.82. The van der Waals surface area contributed by atoms with Gasteiger partial charge in [-0.05, 0) is 30.3 Å². The van der Waals surface area contributed by atoms with E-state index >= 15 is 0 Å². The Morgan fingerprint density at radius 1 is 1.29 bits per heavy atom. The fourth-order valence-corrected chi connectivity index (χ4v) is 1.94. The summed E-state index contributed by atoms with van der Waals surface area (Å²) in [5.74, 6) is -0.770. The largest absolute Gasteiger partial charge is 0.411 e. The van der Waals surface area contributed by atoms with Crippen LogP contribution in [0.1, 0.15) is 16.1 Å². The molecule has 7 nitrogen and oxygen atoms in total. The average Bonchev–Trinajstić information content (AvgIpc) is 2.93. The maximum Gasteiger partial charge on any atom is 0.280 e. The van der Waals surface area contributed by atoms with E-state index in [4.69, 9.17) is 16.7 Å². The van der Waals surface area contributed by atoms with Crippen molar-refractivity contribution in [1.82, 2.24) is 4.57 Å². The van der Waals surface area contributed by atoms with Crippen molar-refractivity contribution in [3.63, 3.8) is 0 Å². The maximum atomic E-state index is 11.8. The van der Waals surface area contributed by atoms with Gasteiger partial charge in [-0.2, -0.15) is 4.99 Å². The fraction of sp³-hybridized carbons (Fsp3) is 0.0714. The number of benzene rings is 1. The molecule has 1 heterocycles. The molecule has 1 aromatic carbocycles. The molecule has 0 bridgehead atoms. The lowest BCUT2D eigenvalue weighted by atomic mass is 10.2. The van der Waals surface area contributed by atoms with Crippen molar-refractivity contribution < 1.29 is 10.0 Å². The number of aromatic nitrogens is 1. The number of guanidine groups is 1. The highest BCUT2D eigenvalue weighted by Gasteiger charge is 2.08. The number of aliphatic imine (C=N–C) groups is 1. The molecule has 2 rings (SSSR count). The minimum Gasteiger partial charge on any atom is -0.411 e. The van der Waals surface area contributed by atoms with Gasteiger partial charge >= 0.3 is 0 Å². The molecule has 0 saturated carbocycles. The quantitative estimate of drug-likeness (QED) is 0.334. The second-order valence-electron chi connectivity index (χ2n) is 4.26. The van der Waals surface area contributed by atoms with Crippen molar-refractivity contribution in [3.8, 4) is 5.69 Å². The average molecular weight is 285 g/mol. The Bertz CT molecular complexity index is 699. The van der Waals surface area contributed by atoms with Crippen LogP contribution in [0.5, 0.6) is 0 Å². The molecule has 2 aromatic rings. The van der Waals surface area contributed by atoms with Gasteiger partial charge in [-0.15, -0.1) is 5.16 Å². The van der Waals surface area contributed by atoms with Crippen molar-refractivity contribution in [2.45, 2.75) is 6.42 Å². The molecule has 0 unspecified atom stereocenters. The Balaban J connectivity index is 2.36. The zero-order valence-electron chi connectivity index (χ0n) is 11.2. The minimum atomic E-state index is -0.498. The third-order valence-electron chi connectivity index (χ3n) is 2.82. The van der Waals surface area contributed by atoms with Gasteiger partial charge in [-0.1, -0.05) is 6.07 Å². The first-order valence-electron chi connectivity index (χ1n) is 6.18. The minimum absolute atomic E-state index is 0.272. The van der Waals surface area contributed by atoms with E-state index in [1.54, 1.807) is 18.2 Å². The molecular weight excluding hydrogens is 270 g/mol. The van der Waals surface area contributed by atoms with Crippen LogP contribution in [0.4, 0.5) is 0 Å². The molecule has 0 aliphatic rings. The Morgan fingerprint density at radius 2 is 2.10 bits per heavy atom. The molecule has 0 radical (unpaired) electrons. The first-order chi connectivity index (χ1) is 10.1.